The monoisotopic (exact) mass is 335 g/mol. The molecule has 2 aromatic rings. The minimum Gasteiger partial charge on any atom is -0.456 e. The highest BCUT2D eigenvalue weighted by atomic mass is 79.9. The zero-order valence-corrected chi connectivity index (χ0v) is 12.9. The highest BCUT2D eigenvalue weighted by molar-refractivity contribution is 9.10. The van der Waals surface area contributed by atoms with Crippen LogP contribution >= 0.6 is 28.1 Å². The molecule has 2 aromatic carbocycles. The third kappa shape index (κ3) is 3.14. The Morgan fingerprint density at radius 3 is 2.53 bits per heavy atom. The summed E-state index contributed by atoms with van der Waals surface area (Å²) >= 11 is 8.53. The molecule has 0 atom stereocenters. The lowest BCUT2D eigenvalue weighted by Gasteiger charge is -2.14. The van der Waals surface area contributed by atoms with Crippen LogP contribution in [0.1, 0.15) is 18.1 Å². The summed E-state index contributed by atoms with van der Waals surface area (Å²) in [5, 5.41) is 0. The molecule has 2 nitrogen and oxygen atoms in total. The fourth-order valence-corrected chi connectivity index (χ4v) is 2.75. The predicted octanol–water partition coefficient (Wildman–Crippen LogP) is 4.44. The molecule has 0 aromatic heterocycles. The molecule has 2 rings (SSSR count). The Morgan fingerprint density at radius 1 is 1.16 bits per heavy atom. The maximum atomic E-state index is 5.98. The van der Waals surface area contributed by atoms with E-state index in [1.54, 1.807) is 0 Å². The first-order valence-electron chi connectivity index (χ1n) is 5.97. The van der Waals surface area contributed by atoms with E-state index in [-0.39, 0.29) is 0 Å². The van der Waals surface area contributed by atoms with Crippen LogP contribution < -0.4 is 10.5 Å². The molecule has 98 valence electrons. The molecule has 0 spiro atoms. The molecule has 0 aliphatic carbocycles. The Labute approximate surface area is 126 Å². The lowest BCUT2D eigenvalue weighted by Crippen LogP contribution is -2.11. The van der Waals surface area contributed by atoms with E-state index in [0.717, 1.165) is 27.8 Å². The number of halogens is 1. The van der Waals surface area contributed by atoms with Crippen molar-refractivity contribution in [2.75, 3.05) is 0 Å². The van der Waals surface area contributed by atoms with Crippen molar-refractivity contribution in [3.05, 3.63) is 58.1 Å². The molecule has 0 aliphatic rings. The van der Waals surface area contributed by atoms with Gasteiger partial charge in [-0.25, -0.2) is 0 Å². The summed E-state index contributed by atoms with van der Waals surface area (Å²) in [5.74, 6) is 1.50. The van der Waals surface area contributed by atoms with Gasteiger partial charge in [-0.15, -0.1) is 0 Å². The zero-order chi connectivity index (χ0) is 13.8. The van der Waals surface area contributed by atoms with Gasteiger partial charge in [-0.1, -0.05) is 43.4 Å². The third-order valence-electron chi connectivity index (χ3n) is 2.80. The van der Waals surface area contributed by atoms with E-state index in [1.165, 1.54) is 0 Å². The van der Waals surface area contributed by atoms with Gasteiger partial charge in [0.1, 0.15) is 16.5 Å². The minimum atomic E-state index is 0.316. The van der Waals surface area contributed by atoms with Gasteiger partial charge in [-0.3, -0.25) is 0 Å². The van der Waals surface area contributed by atoms with Gasteiger partial charge >= 0.3 is 0 Å². The Kier molecular flexibility index (Phi) is 4.56. The van der Waals surface area contributed by atoms with Crippen molar-refractivity contribution in [1.82, 2.24) is 0 Å². The van der Waals surface area contributed by atoms with E-state index in [0.29, 0.717) is 10.7 Å². The van der Waals surface area contributed by atoms with E-state index in [9.17, 15) is 0 Å². The van der Waals surface area contributed by atoms with Crippen molar-refractivity contribution >= 4 is 33.1 Å². The first kappa shape index (κ1) is 14.0. The second-order valence-electron chi connectivity index (χ2n) is 4.04. The van der Waals surface area contributed by atoms with Crippen molar-refractivity contribution in [2.24, 2.45) is 5.73 Å². The molecule has 4 heteroatoms. The summed E-state index contributed by atoms with van der Waals surface area (Å²) < 4.78 is 6.82. The number of benzene rings is 2. The van der Waals surface area contributed by atoms with Gasteiger partial charge in [0.2, 0.25) is 0 Å². The summed E-state index contributed by atoms with van der Waals surface area (Å²) in [6.07, 6.45) is 0.909. The fraction of sp³-hybridized carbons (Fsp3) is 0.133. The van der Waals surface area contributed by atoms with Gasteiger partial charge in [0, 0.05) is 4.47 Å². The molecular formula is C15H14BrNOS. The molecule has 0 fully saturated rings. The molecule has 0 unspecified atom stereocenters. The second kappa shape index (κ2) is 6.17. The summed E-state index contributed by atoms with van der Waals surface area (Å²) in [7, 11) is 0. The maximum Gasteiger partial charge on any atom is 0.138 e. The number of hydrogen-bond acceptors (Lipinski definition) is 2. The van der Waals surface area contributed by atoms with Crippen LogP contribution in [0.25, 0.3) is 0 Å². The number of thiocarbonyl (C=S) groups is 1. The van der Waals surface area contributed by atoms with Crippen LogP contribution in [-0.2, 0) is 6.42 Å². The number of ether oxygens (including phenoxy) is 1. The minimum absolute atomic E-state index is 0.316. The maximum absolute atomic E-state index is 5.98. The molecule has 0 saturated heterocycles. The van der Waals surface area contributed by atoms with Crippen LogP contribution in [0.2, 0.25) is 0 Å². The highest BCUT2D eigenvalue weighted by Crippen LogP contribution is 2.32. The largest absolute Gasteiger partial charge is 0.456 e. The van der Waals surface area contributed by atoms with Gasteiger partial charge in [0.25, 0.3) is 0 Å². The molecule has 19 heavy (non-hydrogen) atoms. The van der Waals surface area contributed by atoms with Crippen molar-refractivity contribution in [3.8, 4) is 11.5 Å². The molecule has 0 heterocycles. The van der Waals surface area contributed by atoms with Crippen LogP contribution in [0.5, 0.6) is 11.5 Å². The molecule has 0 aliphatic heterocycles. The van der Waals surface area contributed by atoms with Gasteiger partial charge in [-0.2, -0.15) is 0 Å². The summed E-state index contributed by atoms with van der Waals surface area (Å²) in [4.78, 5) is 0.316. The van der Waals surface area contributed by atoms with E-state index >= 15 is 0 Å². The number of aryl methyl sites for hydroxylation is 1. The smallest absolute Gasteiger partial charge is 0.138 e. The third-order valence-corrected chi connectivity index (χ3v) is 3.66. The number of rotatable bonds is 4. The van der Waals surface area contributed by atoms with Crippen LogP contribution in [0.3, 0.4) is 0 Å². The lowest BCUT2D eigenvalue weighted by atomic mass is 10.1. The van der Waals surface area contributed by atoms with E-state index in [2.05, 4.69) is 22.9 Å². The number of para-hydroxylation sites is 1. The molecule has 0 amide bonds. The van der Waals surface area contributed by atoms with Crippen LogP contribution in [-0.4, -0.2) is 4.99 Å². The van der Waals surface area contributed by atoms with Crippen molar-refractivity contribution in [1.29, 1.82) is 0 Å². The average molecular weight is 336 g/mol. The quantitative estimate of drug-likeness (QED) is 0.839. The summed E-state index contributed by atoms with van der Waals surface area (Å²) in [5.41, 5.74) is 7.64. The predicted molar refractivity (Wildman–Crippen MR) is 85.9 cm³/mol. The first-order chi connectivity index (χ1) is 9.13. The Balaban J connectivity index is 2.44. The zero-order valence-electron chi connectivity index (χ0n) is 10.5. The fourth-order valence-electron chi connectivity index (χ4n) is 1.84. The molecule has 0 radical (unpaired) electrons. The second-order valence-corrected chi connectivity index (χ2v) is 5.33. The number of hydrogen-bond donors (Lipinski definition) is 1. The summed E-state index contributed by atoms with van der Waals surface area (Å²) in [6.45, 7) is 2.09. The van der Waals surface area contributed by atoms with Gasteiger partial charge < -0.3 is 10.5 Å². The lowest BCUT2D eigenvalue weighted by molar-refractivity contribution is 0.475. The molecular weight excluding hydrogens is 322 g/mol. The average Bonchev–Trinajstić information content (AvgIpc) is 2.39. The van der Waals surface area contributed by atoms with Crippen LogP contribution in [0.4, 0.5) is 0 Å². The van der Waals surface area contributed by atoms with Crippen molar-refractivity contribution in [3.63, 3.8) is 0 Å². The summed E-state index contributed by atoms with van der Waals surface area (Å²) in [6, 6.07) is 13.6. The van der Waals surface area contributed by atoms with Crippen LogP contribution in [0, 0.1) is 0 Å². The standard InChI is InChI=1S/C15H14BrNOS/c1-2-10-6-3-4-8-12(10)18-13-9-5-7-11(16)14(13)15(17)19/h3-9H,2H2,1H3,(H2,17,19). The Bertz CT molecular complexity index is 613. The Hall–Kier alpha value is -1.39. The Morgan fingerprint density at radius 2 is 1.84 bits per heavy atom. The number of nitrogens with two attached hydrogens (primary N) is 1. The van der Waals surface area contributed by atoms with Crippen LogP contribution in [0.15, 0.2) is 46.9 Å². The van der Waals surface area contributed by atoms with E-state index in [4.69, 9.17) is 22.7 Å². The SMILES string of the molecule is CCc1ccccc1Oc1cccc(Br)c1C(N)=S. The van der Waals surface area contributed by atoms with E-state index < -0.39 is 0 Å². The molecule has 0 saturated carbocycles. The van der Waals surface area contributed by atoms with Crippen molar-refractivity contribution in [2.45, 2.75) is 13.3 Å². The topological polar surface area (TPSA) is 35.2 Å². The molecule has 0 bridgehead atoms. The van der Waals surface area contributed by atoms with Crippen molar-refractivity contribution < 1.29 is 4.74 Å². The molecule has 2 N–H and O–H groups in total. The van der Waals surface area contributed by atoms with E-state index in [1.807, 2.05) is 42.5 Å². The highest BCUT2D eigenvalue weighted by Gasteiger charge is 2.12. The van der Waals surface area contributed by atoms with Gasteiger partial charge in [0.15, 0.2) is 0 Å². The van der Waals surface area contributed by atoms with Gasteiger partial charge in [0.05, 0.1) is 5.56 Å². The normalized spacial score (nSPS) is 10.2. The first-order valence-corrected chi connectivity index (χ1v) is 7.17. The van der Waals surface area contributed by atoms with Gasteiger partial charge in [-0.05, 0) is 46.1 Å².